The molecule has 0 aromatic rings. The van der Waals surface area contributed by atoms with Gasteiger partial charge in [-0.15, -0.1) is 29.2 Å². The molecule has 0 N–H and O–H groups in total. The van der Waals surface area contributed by atoms with E-state index in [1.54, 1.807) is 0 Å². The summed E-state index contributed by atoms with van der Waals surface area (Å²) in [5.74, 6) is 2.83. The maximum Gasteiger partial charge on any atom is 0.0150 e. The van der Waals surface area contributed by atoms with E-state index in [-0.39, 0.29) is 0 Å². The lowest BCUT2D eigenvalue weighted by molar-refractivity contribution is 2.12. The minimum absolute atomic E-state index is 1.09. The van der Waals surface area contributed by atoms with E-state index in [9.17, 15) is 0 Å². The van der Waals surface area contributed by atoms with Gasteiger partial charge in [-0.25, -0.2) is 0 Å². The quantitative estimate of drug-likeness (QED) is 0.491. The molecular weight excluding hydrogens is 235 g/mol. The van der Waals surface area contributed by atoms with Crippen LogP contribution in [0.5, 0.6) is 0 Å². The highest BCUT2D eigenvalue weighted by Gasteiger charge is 1.86. The molecule has 62 valence electrons. The lowest BCUT2D eigenvalue weighted by atomic mass is 11.9. The molecule has 0 aromatic heterocycles. The van der Waals surface area contributed by atoms with Crippen LogP contribution in [-0.2, 0) is 0 Å². The smallest absolute Gasteiger partial charge is 0.0150 e. The maximum atomic E-state index is 2.81. The summed E-state index contributed by atoms with van der Waals surface area (Å²) in [6.07, 6.45) is 0. The molecule has 0 rings (SSSR count). The Morgan fingerprint density at radius 3 is 2.80 bits per heavy atom. The van der Waals surface area contributed by atoms with E-state index in [2.05, 4.69) is 27.3 Å². The molecule has 0 saturated carbocycles. The van der Waals surface area contributed by atoms with E-state index in [1.807, 2.05) is 0 Å². The van der Waals surface area contributed by atoms with Gasteiger partial charge in [-0.1, -0.05) is 24.3 Å². The second kappa shape index (κ2) is 11.5. The normalized spacial score (nSPS) is 15.0. The molecule has 0 fully saturated rings. The molecule has 0 aliphatic rings. The van der Waals surface area contributed by atoms with Crippen LogP contribution >= 0.6 is 53.5 Å². The van der Waals surface area contributed by atoms with Gasteiger partial charge in [-0.3, -0.25) is 0 Å². The van der Waals surface area contributed by atoms with Gasteiger partial charge in [0.1, 0.15) is 0 Å². The second-order valence-corrected chi connectivity index (χ2v) is 11.8. The molecule has 0 saturated heterocycles. The van der Waals surface area contributed by atoms with Crippen molar-refractivity contribution >= 4 is 53.5 Å². The van der Waals surface area contributed by atoms with Crippen molar-refractivity contribution in [3.8, 4) is 0 Å². The Morgan fingerprint density at radius 1 is 1.40 bits per heavy atom. The Hall–Kier alpha value is 2.50. The molecule has 0 bridgehead atoms. The van der Waals surface area contributed by atoms with E-state index >= 15 is 0 Å². The van der Waals surface area contributed by atoms with E-state index in [0.29, 0.717) is 0 Å². The minimum Gasteiger partial charge on any atom is -0.133 e. The molecule has 0 radical (unpaired) electrons. The standard InChI is InChI=1S/C4H15P5S/c1-6-10-4-7-3-9-8-2-5/h6-9H,2-5H2,1H3. The highest BCUT2D eigenvalue weighted by atomic mass is 32.7. The van der Waals surface area contributed by atoms with Crippen molar-refractivity contribution < 1.29 is 0 Å². The van der Waals surface area contributed by atoms with Crippen LogP contribution in [0, 0.1) is 0 Å². The molecule has 0 spiro atoms. The maximum absolute atomic E-state index is 2.81. The van der Waals surface area contributed by atoms with Gasteiger partial charge < -0.3 is 0 Å². The Kier molecular flexibility index (Phi) is 14.4. The van der Waals surface area contributed by atoms with Crippen molar-refractivity contribution in [1.29, 1.82) is 0 Å². The molecule has 5 unspecified atom stereocenters. The van der Waals surface area contributed by atoms with Crippen molar-refractivity contribution in [2.75, 3.05) is 24.0 Å². The number of rotatable bonds is 7. The summed E-state index contributed by atoms with van der Waals surface area (Å²) in [6.45, 7) is 2.27. The number of hydrogen-bond donors (Lipinski definition) is 0. The summed E-state index contributed by atoms with van der Waals surface area (Å²) in [5, 5.41) is 0. The first-order valence-electron chi connectivity index (χ1n) is 3.07. The first kappa shape index (κ1) is 12.5. The lowest BCUT2D eigenvalue weighted by Gasteiger charge is -1.98. The van der Waals surface area contributed by atoms with Crippen LogP contribution in [0.15, 0.2) is 0 Å². The van der Waals surface area contributed by atoms with Gasteiger partial charge in [0.15, 0.2) is 0 Å². The third kappa shape index (κ3) is 10.5. The lowest BCUT2D eigenvalue weighted by Crippen LogP contribution is -1.60. The summed E-state index contributed by atoms with van der Waals surface area (Å²) >= 11 is 2.11. The molecule has 5 atom stereocenters. The first-order chi connectivity index (χ1) is 4.91. The van der Waals surface area contributed by atoms with Crippen LogP contribution in [0.1, 0.15) is 0 Å². The highest BCUT2D eigenvalue weighted by Crippen LogP contribution is 2.44. The Balaban J connectivity index is 2.65. The fourth-order valence-electron chi connectivity index (χ4n) is 0.371. The van der Waals surface area contributed by atoms with Crippen molar-refractivity contribution in [3.63, 3.8) is 0 Å². The predicted molar refractivity (Wildman–Crippen MR) is 71.1 cm³/mol. The monoisotopic (exact) mass is 250 g/mol. The van der Waals surface area contributed by atoms with Gasteiger partial charge in [0.25, 0.3) is 0 Å². The van der Waals surface area contributed by atoms with Gasteiger partial charge in [-0.05, 0) is 18.5 Å². The molecule has 0 heterocycles. The summed E-state index contributed by atoms with van der Waals surface area (Å²) in [7, 11) is 7.60. The highest BCUT2D eigenvalue weighted by molar-refractivity contribution is 8.50. The Bertz CT molecular complexity index is 53.6. The van der Waals surface area contributed by atoms with Gasteiger partial charge in [0.05, 0.1) is 0 Å². The summed E-state index contributed by atoms with van der Waals surface area (Å²) < 4.78 is 0. The van der Waals surface area contributed by atoms with Gasteiger partial charge in [0.2, 0.25) is 0 Å². The zero-order valence-electron chi connectivity index (χ0n) is 6.11. The molecule has 10 heavy (non-hydrogen) atoms. The summed E-state index contributed by atoms with van der Waals surface area (Å²) in [5.41, 5.74) is 1.42. The molecule has 0 aromatic carbocycles. The average Bonchev–Trinajstić information content (AvgIpc) is 1.97. The summed E-state index contributed by atoms with van der Waals surface area (Å²) in [6, 6.07) is 0. The SMILES string of the molecule is CPSCPCPPCP. The van der Waals surface area contributed by atoms with E-state index in [1.165, 1.54) is 42.4 Å². The predicted octanol–water partition coefficient (Wildman–Crippen LogP) is 3.64. The molecule has 0 amide bonds. The van der Waals surface area contributed by atoms with Crippen LogP contribution in [0.2, 0.25) is 0 Å². The number of hydrogen-bond acceptors (Lipinski definition) is 1. The van der Waals surface area contributed by atoms with E-state index in [4.69, 9.17) is 0 Å². The molecular formula is C4H15P5S. The van der Waals surface area contributed by atoms with Crippen LogP contribution in [0.4, 0.5) is 0 Å². The van der Waals surface area contributed by atoms with Gasteiger partial charge >= 0.3 is 0 Å². The largest absolute Gasteiger partial charge is 0.133 e. The fraction of sp³-hybridized carbons (Fsp3) is 1.00. The Morgan fingerprint density at radius 2 is 2.20 bits per heavy atom. The molecule has 6 heteroatoms. The van der Waals surface area contributed by atoms with Crippen molar-refractivity contribution in [1.82, 2.24) is 0 Å². The van der Waals surface area contributed by atoms with Crippen LogP contribution in [-0.4, -0.2) is 24.0 Å². The fourth-order valence-corrected chi connectivity index (χ4v) is 10.0. The molecule has 0 aliphatic heterocycles. The first-order valence-corrected chi connectivity index (χ1v) is 11.9. The van der Waals surface area contributed by atoms with Gasteiger partial charge in [-0.2, -0.15) is 0 Å². The second-order valence-electron chi connectivity index (χ2n) is 1.48. The zero-order valence-corrected chi connectivity index (χ0v) is 12.1. The van der Waals surface area contributed by atoms with E-state index < -0.39 is 0 Å². The zero-order chi connectivity index (χ0) is 7.66. The molecule has 0 aliphatic carbocycles. The third-order valence-corrected chi connectivity index (χ3v) is 11.6. The Labute approximate surface area is 77.6 Å². The molecule has 0 nitrogen and oxygen atoms in total. The van der Waals surface area contributed by atoms with E-state index in [0.717, 1.165) is 7.78 Å². The summed E-state index contributed by atoms with van der Waals surface area (Å²) in [4.78, 5) is 0. The van der Waals surface area contributed by atoms with Crippen molar-refractivity contribution in [2.45, 2.75) is 0 Å². The van der Waals surface area contributed by atoms with Crippen LogP contribution in [0.3, 0.4) is 0 Å². The third-order valence-electron chi connectivity index (χ3n) is 0.759. The minimum atomic E-state index is 1.09. The average molecular weight is 250 g/mol. The van der Waals surface area contributed by atoms with Crippen LogP contribution < -0.4 is 0 Å². The van der Waals surface area contributed by atoms with Gasteiger partial charge in [0, 0.05) is 5.49 Å². The van der Waals surface area contributed by atoms with Crippen molar-refractivity contribution in [3.05, 3.63) is 0 Å². The van der Waals surface area contributed by atoms with Crippen LogP contribution in [0.25, 0.3) is 0 Å². The van der Waals surface area contributed by atoms with Crippen molar-refractivity contribution in [2.24, 2.45) is 0 Å². The topological polar surface area (TPSA) is 0 Å².